The lowest BCUT2D eigenvalue weighted by Gasteiger charge is -2.29. The maximum atomic E-state index is 12.0. The van der Waals surface area contributed by atoms with Crippen LogP contribution in [-0.4, -0.2) is 27.2 Å². The number of aryl methyl sites for hydroxylation is 2. The van der Waals surface area contributed by atoms with Crippen LogP contribution >= 0.6 is 0 Å². The molecule has 0 amide bonds. The number of aromatic amines is 1. The highest BCUT2D eigenvalue weighted by Gasteiger charge is 2.23. The quantitative estimate of drug-likeness (QED) is 0.770. The third kappa shape index (κ3) is 3.42. The van der Waals surface area contributed by atoms with Crippen LogP contribution in [0.15, 0.2) is 4.79 Å². The second kappa shape index (κ2) is 5.84. The molecule has 1 aliphatic rings. The van der Waals surface area contributed by atoms with Crippen LogP contribution in [0.2, 0.25) is 0 Å². The van der Waals surface area contributed by atoms with Gasteiger partial charge < -0.3 is 15.4 Å². The molecule has 0 aromatic carbocycles. The van der Waals surface area contributed by atoms with E-state index in [0.717, 1.165) is 36.9 Å². The molecule has 1 aromatic rings. The van der Waals surface area contributed by atoms with E-state index >= 15 is 0 Å². The summed E-state index contributed by atoms with van der Waals surface area (Å²) in [5.74, 6) is 0.652. The number of nitrogens with zero attached hydrogens (tertiary/aromatic N) is 1. The molecule has 1 aromatic heterocycles. The highest BCUT2D eigenvalue weighted by molar-refractivity contribution is 5.20. The number of H-pyrrole nitrogens is 1. The Hall–Kier alpha value is -1.20. The Morgan fingerprint density at radius 1 is 1.32 bits per heavy atom. The molecule has 0 radical (unpaired) electrons. The minimum atomic E-state index is -0.153. The molecule has 1 fully saturated rings. The van der Waals surface area contributed by atoms with Crippen LogP contribution in [0.4, 0.5) is 0 Å². The van der Waals surface area contributed by atoms with Crippen LogP contribution in [0.1, 0.15) is 55.7 Å². The van der Waals surface area contributed by atoms with Crippen molar-refractivity contribution in [3.63, 3.8) is 0 Å². The summed E-state index contributed by atoms with van der Waals surface area (Å²) in [5, 5.41) is 13.0. The first-order valence-electron chi connectivity index (χ1n) is 6.99. The molecule has 0 bridgehead atoms. The summed E-state index contributed by atoms with van der Waals surface area (Å²) in [4.78, 5) is 19.1. The van der Waals surface area contributed by atoms with E-state index in [2.05, 4.69) is 15.3 Å². The summed E-state index contributed by atoms with van der Waals surface area (Å²) in [6.45, 7) is 5.67. The Labute approximate surface area is 113 Å². The molecule has 5 nitrogen and oxygen atoms in total. The van der Waals surface area contributed by atoms with Gasteiger partial charge in [-0.2, -0.15) is 0 Å². The SMILES string of the molecule is Cc1nc(C)c(C(C)NC2CCC(O)CC2)c(=O)[nH]1. The Morgan fingerprint density at radius 3 is 2.53 bits per heavy atom. The van der Waals surface area contributed by atoms with E-state index < -0.39 is 0 Å². The monoisotopic (exact) mass is 265 g/mol. The Kier molecular flexibility index (Phi) is 4.37. The van der Waals surface area contributed by atoms with E-state index in [1.54, 1.807) is 6.92 Å². The molecule has 106 valence electrons. The molecular weight excluding hydrogens is 242 g/mol. The van der Waals surface area contributed by atoms with Gasteiger partial charge in [0.25, 0.3) is 5.56 Å². The fourth-order valence-electron chi connectivity index (χ4n) is 2.93. The smallest absolute Gasteiger partial charge is 0.255 e. The average Bonchev–Trinajstić information content (AvgIpc) is 2.30. The van der Waals surface area contributed by atoms with E-state index in [4.69, 9.17) is 0 Å². The fourth-order valence-corrected chi connectivity index (χ4v) is 2.93. The minimum absolute atomic E-state index is 0.0166. The van der Waals surface area contributed by atoms with Crippen LogP contribution in [0.3, 0.4) is 0 Å². The first-order chi connectivity index (χ1) is 8.97. The third-order valence-electron chi connectivity index (χ3n) is 3.88. The topological polar surface area (TPSA) is 78.0 Å². The second-order valence-corrected chi connectivity index (χ2v) is 5.54. The predicted octanol–water partition coefficient (Wildman–Crippen LogP) is 1.34. The molecule has 19 heavy (non-hydrogen) atoms. The third-order valence-corrected chi connectivity index (χ3v) is 3.88. The van der Waals surface area contributed by atoms with Gasteiger partial charge in [0, 0.05) is 17.8 Å². The summed E-state index contributed by atoms with van der Waals surface area (Å²) in [5.41, 5.74) is 1.45. The predicted molar refractivity (Wildman–Crippen MR) is 74.1 cm³/mol. The lowest BCUT2D eigenvalue weighted by Crippen LogP contribution is -2.38. The maximum Gasteiger partial charge on any atom is 0.255 e. The lowest BCUT2D eigenvalue weighted by atomic mass is 9.92. The molecule has 1 unspecified atom stereocenters. The maximum absolute atomic E-state index is 12.0. The number of aromatic nitrogens is 2. The first kappa shape index (κ1) is 14.2. The van der Waals surface area contributed by atoms with Crippen molar-refractivity contribution in [2.75, 3.05) is 0 Å². The first-order valence-corrected chi connectivity index (χ1v) is 6.99. The summed E-state index contributed by atoms with van der Waals surface area (Å²) in [6, 6.07) is 0.357. The normalized spacial score (nSPS) is 25.3. The number of hydrogen-bond acceptors (Lipinski definition) is 4. The van der Waals surface area contributed by atoms with Crippen molar-refractivity contribution in [3.05, 3.63) is 27.4 Å². The van der Waals surface area contributed by atoms with E-state index in [9.17, 15) is 9.90 Å². The van der Waals surface area contributed by atoms with Gasteiger partial charge in [-0.15, -0.1) is 0 Å². The van der Waals surface area contributed by atoms with Crippen LogP contribution in [0.5, 0.6) is 0 Å². The number of aliphatic hydroxyl groups excluding tert-OH is 1. The zero-order valence-electron chi connectivity index (χ0n) is 11.9. The van der Waals surface area contributed by atoms with Crippen LogP contribution in [-0.2, 0) is 0 Å². The standard InChI is InChI=1S/C14H23N3O2/c1-8-13(14(19)17-10(3)15-8)9(2)16-11-4-6-12(18)7-5-11/h9,11-12,16,18H,4-7H2,1-3H3,(H,15,17,19). The molecule has 1 saturated carbocycles. The molecule has 0 aliphatic heterocycles. The molecule has 1 aliphatic carbocycles. The van der Waals surface area contributed by atoms with Crippen molar-refractivity contribution in [2.24, 2.45) is 0 Å². The number of nitrogens with one attached hydrogen (secondary N) is 2. The number of hydrogen-bond donors (Lipinski definition) is 3. The molecule has 1 atom stereocenters. The lowest BCUT2D eigenvalue weighted by molar-refractivity contribution is 0.114. The number of aliphatic hydroxyl groups is 1. The van der Waals surface area contributed by atoms with Crippen molar-refractivity contribution < 1.29 is 5.11 Å². The summed E-state index contributed by atoms with van der Waals surface area (Å²) < 4.78 is 0. The van der Waals surface area contributed by atoms with Crippen LogP contribution in [0, 0.1) is 13.8 Å². The van der Waals surface area contributed by atoms with Crippen molar-refractivity contribution in [3.8, 4) is 0 Å². The van der Waals surface area contributed by atoms with Gasteiger partial charge in [0.1, 0.15) is 5.82 Å². The molecular formula is C14H23N3O2. The molecule has 3 N–H and O–H groups in total. The van der Waals surface area contributed by atoms with Crippen molar-refractivity contribution in [2.45, 2.75) is 64.6 Å². The second-order valence-electron chi connectivity index (χ2n) is 5.54. The zero-order valence-corrected chi connectivity index (χ0v) is 11.9. The largest absolute Gasteiger partial charge is 0.393 e. The van der Waals surface area contributed by atoms with Gasteiger partial charge in [-0.05, 0) is 46.5 Å². The Bertz CT molecular complexity index is 490. The molecule has 0 spiro atoms. The highest BCUT2D eigenvalue weighted by Crippen LogP contribution is 2.21. The minimum Gasteiger partial charge on any atom is -0.393 e. The molecule has 0 saturated heterocycles. The van der Waals surface area contributed by atoms with Gasteiger partial charge in [0.05, 0.1) is 11.7 Å². The molecule has 2 rings (SSSR count). The molecule has 1 heterocycles. The van der Waals surface area contributed by atoms with Crippen molar-refractivity contribution >= 4 is 0 Å². The van der Waals surface area contributed by atoms with E-state index in [0.29, 0.717) is 11.9 Å². The molecule has 5 heteroatoms. The van der Waals surface area contributed by atoms with Gasteiger partial charge >= 0.3 is 0 Å². The fraction of sp³-hybridized carbons (Fsp3) is 0.714. The van der Waals surface area contributed by atoms with Crippen LogP contribution < -0.4 is 10.9 Å². The van der Waals surface area contributed by atoms with Gasteiger partial charge in [0.2, 0.25) is 0 Å². The van der Waals surface area contributed by atoms with E-state index in [1.807, 2.05) is 13.8 Å². The summed E-state index contributed by atoms with van der Waals surface area (Å²) in [6.07, 6.45) is 3.45. The van der Waals surface area contributed by atoms with Gasteiger partial charge in [0.15, 0.2) is 0 Å². The van der Waals surface area contributed by atoms with Gasteiger partial charge in [-0.1, -0.05) is 0 Å². The average molecular weight is 265 g/mol. The highest BCUT2D eigenvalue weighted by atomic mass is 16.3. The summed E-state index contributed by atoms with van der Waals surface area (Å²) in [7, 11) is 0. The Morgan fingerprint density at radius 2 is 1.95 bits per heavy atom. The van der Waals surface area contributed by atoms with E-state index in [-0.39, 0.29) is 17.7 Å². The van der Waals surface area contributed by atoms with Crippen molar-refractivity contribution in [1.82, 2.24) is 15.3 Å². The Balaban J connectivity index is 2.08. The van der Waals surface area contributed by atoms with Crippen LogP contribution in [0.25, 0.3) is 0 Å². The summed E-state index contributed by atoms with van der Waals surface area (Å²) >= 11 is 0. The van der Waals surface area contributed by atoms with Gasteiger partial charge in [-0.3, -0.25) is 4.79 Å². The van der Waals surface area contributed by atoms with E-state index in [1.165, 1.54) is 0 Å². The zero-order chi connectivity index (χ0) is 14.0. The van der Waals surface area contributed by atoms with Gasteiger partial charge in [-0.25, -0.2) is 4.98 Å². The number of rotatable bonds is 3. The van der Waals surface area contributed by atoms with Crippen molar-refractivity contribution in [1.29, 1.82) is 0 Å².